The summed E-state index contributed by atoms with van der Waals surface area (Å²) in [6, 6.07) is 4.40. The van der Waals surface area contributed by atoms with Gasteiger partial charge in [-0.15, -0.1) is 0 Å². The van der Waals surface area contributed by atoms with Gasteiger partial charge in [0, 0.05) is 43.2 Å². The van der Waals surface area contributed by atoms with Crippen molar-refractivity contribution in [1.82, 2.24) is 14.6 Å². The number of amides is 2. The van der Waals surface area contributed by atoms with Gasteiger partial charge < -0.3 is 19.7 Å². The molecule has 2 aromatic rings. The lowest BCUT2D eigenvalue weighted by Gasteiger charge is -2.14. The number of halogens is 2. The second-order valence-corrected chi connectivity index (χ2v) is 8.19. The highest BCUT2D eigenvalue weighted by Crippen LogP contribution is 2.29. The number of urea groups is 1. The zero-order valence-electron chi connectivity index (χ0n) is 16.5. The summed E-state index contributed by atoms with van der Waals surface area (Å²) in [7, 11) is 0. The second kappa shape index (κ2) is 9.57. The highest BCUT2D eigenvalue weighted by atomic mass is 32.1. The highest BCUT2D eigenvalue weighted by Gasteiger charge is 2.21. The van der Waals surface area contributed by atoms with Gasteiger partial charge in [0.15, 0.2) is 0 Å². The van der Waals surface area contributed by atoms with Gasteiger partial charge in [-0.05, 0) is 43.1 Å². The molecule has 0 bridgehead atoms. The fourth-order valence-electron chi connectivity index (χ4n) is 3.53. The van der Waals surface area contributed by atoms with Crippen LogP contribution in [0.4, 0.5) is 18.6 Å². The average Bonchev–Trinajstić information content (AvgIpc) is 3.45. The van der Waals surface area contributed by atoms with E-state index in [-0.39, 0.29) is 18.5 Å². The number of carbonyl (C=O) groups excluding carboxylic acids is 1. The number of aromatic nitrogens is 1. The van der Waals surface area contributed by atoms with E-state index in [9.17, 15) is 13.6 Å². The number of benzene rings is 1. The molecule has 0 spiro atoms. The normalized spacial score (nSPS) is 18.1. The molecule has 0 saturated carbocycles. The maximum atomic E-state index is 14.2. The summed E-state index contributed by atoms with van der Waals surface area (Å²) in [5, 5.41) is 6.00. The molecular weight excluding hydrogens is 414 g/mol. The molecule has 10 heteroatoms. The number of likely N-dealkylation sites (tertiary alicyclic amines) is 1. The van der Waals surface area contributed by atoms with E-state index in [2.05, 4.69) is 19.9 Å². The molecule has 1 aromatic carbocycles. The van der Waals surface area contributed by atoms with Gasteiger partial charge in [-0.25, -0.2) is 13.6 Å². The zero-order valence-corrected chi connectivity index (χ0v) is 17.3. The Hall–Kier alpha value is -2.46. The van der Waals surface area contributed by atoms with E-state index in [4.69, 9.17) is 9.47 Å². The number of carbonyl (C=O) groups is 1. The number of nitrogens with one attached hydrogen (secondary N) is 2. The van der Waals surface area contributed by atoms with Crippen LogP contribution in [0.1, 0.15) is 24.0 Å². The van der Waals surface area contributed by atoms with Crippen LogP contribution in [0, 0.1) is 5.82 Å². The molecular formula is C20H24F2N4O3S. The number of ether oxygens (including phenoxy) is 2. The molecule has 4 rings (SSSR count). The predicted molar refractivity (Wildman–Crippen MR) is 110 cm³/mol. The van der Waals surface area contributed by atoms with E-state index in [1.165, 1.54) is 6.07 Å². The summed E-state index contributed by atoms with van der Waals surface area (Å²) in [6.45, 7) is 3.12. The second-order valence-electron chi connectivity index (χ2n) is 7.39. The average molecular weight is 439 g/mol. The maximum Gasteiger partial charge on any atom is 0.319 e. The molecule has 1 saturated heterocycles. The summed E-state index contributed by atoms with van der Waals surface area (Å²) in [5.41, 5.74) is 1.27. The first-order valence-electron chi connectivity index (χ1n) is 10.0. The van der Waals surface area contributed by atoms with E-state index in [1.807, 2.05) is 0 Å². The Balaban J connectivity index is 1.18. The summed E-state index contributed by atoms with van der Waals surface area (Å²) >= 11 is 1.08. The number of nitrogens with zero attached hydrogens (tertiary/aromatic N) is 2. The fraction of sp³-hybridized carbons (Fsp3) is 0.500. The van der Waals surface area contributed by atoms with Gasteiger partial charge in [-0.3, -0.25) is 5.32 Å². The van der Waals surface area contributed by atoms with Crippen molar-refractivity contribution < 1.29 is 23.0 Å². The topological polar surface area (TPSA) is 75.7 Å². The van der Waals surface area contributed by atoms with Crippen molar-refractivity contribution in [2.24, 2.45) is 0 Å². The lowest BCUT2D eigenvalue weighted by Crippen LogP contribution is -2.31. The maximum absolute atomic E-state index is 14.2. The molecule has 7 nitrogen and oxygen atoms in total. The van der Waals surface area contributed by atoms with Crippen LogP contribution in [0.3, 0.4) is 0 Å². The number of alkyl halides is 1. The Bertz CT molecular complexity index is 895. The zero-order chi connectivity index (χ0) is 20.9. The molecule has 30 heavy (non-hydrogen) atoms. The molecule has 0 aliphatic carbocycles. The molecule has 2 amide bonds. The smallest absolute Gasteiger partial charge is 0.319 e. The fourth-order valence-corrected chi connectivity index (χ4v) is 4.12. The molecule has 0 radical (unpaired) electrons. The molecule has 2 aliphatic rings. The van der Waals surface area contributed by atoms with Gasteiger partial charge in [-0.2, -0.15) is 4.37 Å². The number of anilines is 1. The largest absolute Gasteiger partial charge is 0.493 e. The highest BCUT2D eigenvalue weighted by molar-refractivity contribution is 7.10. The molecule has 2 N–H and O–H groups in total. The van der Waals surface area contributed by atoms with Crippen molar-refractivity contribution in [2.45, 2.75) is 32.0 Å². The summed E-state index contributed by atoms with van der Waals surface area (Å²) in [4.78, 5) is 14.0. The third kappa shape index (κ3) is 5.37. The molecule has 1 atom stereocenters. The lowest BCUT2D eigenvalue weighted by molar-refractivity contribution is 0.250. The molecule has 0 unspecified atom stereocenters. The lowest BCUT2D eigenvalue weighted by atomic mass is 10.1. The van der Waals surface area contributed by atoms with Crippen LogP contribution in [-0.4, -0.2) is 54.3 Å². The number of hydrogen-bond donors (Lipinski definition) is 2. The van der Waals surface area contributed by atoms with Gasteiger partial charge in [0.25, 0.3) is 0 Å². The third-order valence-electron chi connectivity index (χ3n) is 5.11. The molecule has 2 aliphatic heterocycles. The summed E-state index contributed by atoms with van der Waals surface area (Å²) in [5.74, 6) is 0.677. The van der Waals surface area contributed by atoms with E-state index >= 15 is 0 Å². The van der Waals surface area contributed by atoms with E-state index in [0.29, 0.717) is 54.7 Å². The van der Waals surface area contributed by atoms with Gasteiger partial charge in [0.1, 0.15) is 29.3 Å². The van der Waals surface area contributed by atoms with Crippen LogP contribution in [0.5, 0.6) is 11.6 Å². The van der Waals surface area contributed by atoms with Crippen molar-refractivity contribution in [3.63, 3.8) is 0 Å². The minimum Gasteiger partial charge on any atom is -0.493 e. The molecule has 1 fully saturated rings. The van der Waals surface area contributed by atoms with Gasteiger partial charge in [0.2, 0.25) is 5.88 Å². The Morgan fingerprint density at radius 2 is 2.30 bits per heavy atom. The first-order chi connectivity index (χ1) is 14.6. The van der Waals surface area contributed by atoms with Gasteiger partial charge >= 0.3 is 6.03 Å². The Labute approximate surface area is 177 Å². The Morgan fingerprint density at radius 1 is 1.40 bits per heavy atom. The minimum absolute atomic E-state index is 0.0219. The molecule has 162 valence electrons. The van der Waals surface area contributed by atoms with Crippen LogP contribution < -0.4 is 20.1 Å². The molecule has 1 aromatic heterocycles. The minimum atomic E-state index is -0.725. The van der Waals surface area contributed by atoms with Crippen molar-refractivity contribution in [3.05, 3.63) is 35.1 Å². The monoisotopic (exact) mass is 438 g/mol. The SMILES string of the molecule is O=C(NCCCN1CC[C@H](F)C1)Nc1cc(OCc2cc3c(cc2F)CCO3)ns1. The third-order valence-corrected chi connectivity index (χ3v) is 5.80. The van der Waals surface area contributed by atoms with Crippen molar-refractivity contribution in [1.29, 1.82) is 0 Å². The predicted octanol–water partition coefficient (Wildman–Crippen LogP) is 3.35. The number of hydrogen-bond acceptors (Lipinski definition) is 6. The van der Waals surface area contributed by atoms with Gasteiger partial charge in [0.05, 0.1) is 6.61 Å². The Kier molecular flexibility index (Phi) is 6.63. The standard InChI is InChI=1S/C20H24F2N4O3S/c21-15-2-6-26(11-15)5-1-4-23-20(27)24-19-10-18(25-30-19)29-12-14-9-17-13(3-7-28-17)8-16(14)22/h8-10,15H,1-7,11-12H2,(H2,23,24,27)/t15-/m0/s1. The Morgan fingerprint density at radius 3 is 3.13 bits per heavy atom. The molecule has 3 heterocycles. The number of fused-ring (bicyclic) bond motifs is 1. The van der Waals surface area contributed by atoms with Crippen LogP contribution in [0.25, 0.3) is 0 Å². The van der Waals surface area contributed by atoms with Crippen LogP contribution in [0.2, 0.25) is 0 Å². The van der Waals surface area contributed by atoms with Crippen LogP contribution in [-0.2, 0) is 13.0 Å². The van der Waals surface area contributed by atoms with Gasteiger partial charge in [-0.1, -0.05) is 0 Å². The number of rotatable bonds is 8. The van der Waals surface area contributed by atoms with Crippen molar-refractivity contribution in [3.8, 4) is 11.6 Å². The summed E-state index contributed by atoms with van der Waals surface area (Å²) < 4.78 is 42.4. The van der Waals surface area contributed by atoms with E-state index in [0.717, 1.165) is 36.6 Å². The van der Waals surface area contributed by atoms with Crippen molar-refractivity contribution >= 4 is 22.6 Å². The van der Waals surface area contributed by atoms with E-state index in [1.54, 1.807) is 12.1 Å². The van der Waals surface area contributed by atoms with Crippen molar-refractivity contribution in [2.75, 3.05) is 38.1 Å². The first kappa shape index (κ1) is 20.8. The first-order valence-corrected chi connectivity index (χ1v) is 10.8. The summed E-state index contributed by atoms with van der Waals surface area (Å²) in [6.07, 6.45) is 1.34. The van der Waals surface area contributed by atoms with Crippen LogP contribution in [0.15, 0.2) is 18.2 Å². The van der Waals surface area contributed by atoms with Crippen LogP contribution >= 0.6 is 11.5 Å². The quantitative estimate of drug-likeness (QED) is 0.619. The van der Waals surface area contributed by atoms with E-state index < -0.39 is 6.17 Å².